The molecule has 2 N–H and O–H groups in total. The Morgan fingerprint density at radius 2 is 2.19 bits per heavy atom. The molecule has 82 valence electrons. The number of hydrogen-bond donors (Lipinski definition) is 2. The highest BCUT2D eigenvalue weighted by molar-refractivity contribution is 8.13. The van der Waals surface area contributed by atoms with Crippen molar-refractivity contribution in [2.24, 2.45) is 5.10 Å². The van der Waals surface area contributed by atoms with E-state index >= 15 is 0 Å². The van der Waals surface area contributed by atoms with Gasteiger partial charge in [-0.15, -0.1) is 10.2 Å². The van der Waals surface area contributed by atoms with Crippen molar-refractivity contribution < 1.29 is 0 Å². The van der Waals surface area contributed by atoms with Crippen LogP contribution in [0.25, 0.3) is 0 Å². The zero-order chi connectivity index (χ0) is 11.2. The molecular formula is C10H11N5S. The van der Waals surface area contributed by atoms with Crippen molar-refractivity contribution in [3.8, 4) is 6.07 Å². The monoisotopic (exact) mass is 233 g/mol. The molecule has 0 radical (unpaired) electrons. The Morgan fingerprint density at radius 1 is 1.38 bits per heavy atom. The van der Waals surface area contributed by atoms with Crippen molar-refractivity contribution in [2.45, 2.75) is 5.75 Å². The summed E-state index contributed by atoms with van der Waals surface area (Å²) in [6, 6.07) is 12.2. The van der Waals surface area contributed by atoms with Gasteiger partial charge in [0.2, 0.25) is 0 Å². The molecule has 0 saturated heterocycles. The maximum absolute atomic E-state index is 8.49. The van der Waals surface area contributed by atoms with Crippen molar-refractivity contribution in [1.29, 1.82) is 5.26 Å². The smallest absolute Gasteiger partial charge is 0.198 e. The van der Waals surface area contributed by atoms with Crippen LogP contribution >= 0.6 is 11.8 Å². The van der Waals surface area contributed by atoms with Gasteiger partial charge in [0.1, 0.15) is 6.54 Å². The van der Waals surface area contributed by atoms with Crippen molar-refractivity contribution in [1.82, 2.24) is 16.1 Å². The van der Waals surface area contributed by atoms with E-state index in [1.165, 1.54) is 10.7 Å². The molecule has 1 aliphatic heterocycles. The Hall–Kier alpha value is -1.71. The maximum Gasteiger partial charge on any atom is 0.198 e. The summed E-state index contributed by atoms with van der Waals surface area (Å²) < 4.78 is 0. The summed E-state index contributed by atoms with van der Waals surface area (Å²) in [5.41, 5.74) is 6.93. The second kappa shape index (κ2) is 5.39. The first-order valence-corrected chi connectivity index (χ1v) is 5.78. The molecule has 1 heterocycles. The van der Waals surface area contributed by atoms with Gasteiger partial charge in [0.25, 0.3) is 0 Å². The third-order valence-electron chi connectivity index (χ3n) is 1.95. The minimum absolute atomic E-state index is 0.249. The van der Waals surface area contributed by atoms with Gasteiger partial charge < -0.3 is 0 Å². The highest BCUT2D eigenvalue weighted by atomic mass is 32.2. The maximum atomic E-state index is 8.49. The first-order valence-electron chi connectivity index (χ1n) is 4.79. The lowest BCUT2D eigenvalue weighted by Gasteiger charge is -2.10. The highest BCUT2D eigenvalue weighted by Crippen LogP contribution is 2.13. The van der Waals surface area contributed by atoms with E-state index in [1.807, 2.05) is 24.3 Å². The van der Waals surface area contributed by atoms with Crippen molar-refractivity contribution >= 4 is 16.9 Å². The Morgan fingerprint density at radius 3 is 2.94 bits per heavy atom. The van der Waals surface area contributed by atoms with Crippen LogP contribution in [0.1, 0.15) is 5.56 Å². The second-order valence-electron chi connectivity index (χ2n) is 3.15. The molecule has 0 aliphatic carbocycles. The Bertz CT molecular complexity index is 411. The molecule has 0 aromatic heterocycles. The summed E-state index contributed by atoms with van der Waals surface area (Å²) in [5, 5.41) is 14.8. The molecule has 16 heavy (non-hydrogen) atoms. The molecule has 1 aromatic rings. The molecular weight excluding hydrogens is 222 g/mol. The molecule has 0 atom stereocenters. The average Bonchev–Trinajstić information content (AvgIpc) is 2.76. The van der Waals surface area contributed by atoms with Gasteiger partial charge >= 0.3 is 0 Å². The van der Waals surface area contributed by atoms with E-state index in [0.717, 1.165) is 10.9 Å². The molecule has 1 aliphatic rings. The Kier molecular flexibility index (Phi) is 3.64. The number of benzene rings is 1. The minimum atomic E-state index is 0.249. The van der Waals surface area contributed by atoms with Gasteiger partial charge in [-0.05, 0) is 5.56 Å². The fourth-order valence-electron chi connectivity index (χ4n) is 1.21. The van der Waals surface area contributed by atoms with E-state index in [0.29, 0.717) is 0 Å². The van der Waals surface area contributed by atoms with Crippen molar-refractivity contribution in [3.63, 3.8) is 0 Å². The summed E-state index contributed by atoms with van der Waals surface area (Å²) in [6.07, 6.45) is 0. The lowest BCUT2D eigenvalue weighted by atomic mass is 10.2. The standard InChI is InChI=1S/C10H11N5S/c11-6-7-15-13-10(12-14-15)16-8-9-4-2-1-3-5-9/h1-5,14H,7-8H2,(H,12,13). The fraction of sp³-hybridized carbons (Fsp3) is 0.200. The third kappa shape index (κ3) is 2.89. The van der Waals surface area contributed by atoms with Gasteiger partial charge in [0.05, 0.1) is 6.07 Å². The van der Waals surface area contributed by atoms with Crippen LogP contribution in [0.2, 0.25) is 0 Å². The molecule has 6 heteroatoms. The molecule has 2 rings (SSSR count). The number of nitrogens with zero attached hydrogens (tertiary/aromatic N) is 3. The lowest BCUT2D eigenvalue weighted by Crippen LogP contribution is -2.40. The van der Waals surface area contributed by atoms with Gasteiger partial charge in [0.15, 0.2) is 5.17 Å². The number of amidine groups is 1. The molecule has 5 nitrogen and oxygen atoms in total. The molecule has 0 fully saturated rings. The molecule has 0 saturated carbocycles. The summed E-state index contributed by atoms with van der Waals surface area (Å²) in [5.74, 6) is 0.856. The Labute approximate surface area is 98.1 Å². The number of hydrazone groups is 1. The van der Waals surface area contributed by atoms with Gasteiger partial charge in [-0.1, -0.05) is 42.1 Å². The van der Waals surface area contributed by atoms with Crippen LogP contribution in [0.15, 0.2) is 35.4 Å². The third-order valence-corrected chi connectivity index (χ3v) is 2.88. The van der Waals surface area contributed by atoms with Crippen molar-refractivity contribution in [2.75, 3.05) is 6.54 Å². The van der Waals surface area contributed by atoms with Gasteiger partial charge in [-0.2, -0.15) is 5.26 Å². The lowest BCUT2D eigenvalue weighted by molar-refractivity contribution is 0.207. The van der Waals surface area contributed by atoms with Crippen LogP contribution in [0, 0.1) is 11.3 Å². The number of nitrogens with one attached hydrogen (secondary N) is 2. The van der Waals surface area contributed by atoms with Gasteiger partial charge in [-0.3, -0.25) is 5.43 Å². The zero-order valence-corrected chi connectivity index (χ0v) is 9.37. The minimum Gasteiger partial charge on any atom is -0.276 e. The summed E-state index contributed by atoms with van der Waals surface area (Å²) in [4.78, 5) is 0. The van der Waals surface area contributed by atoms with Gasteiger partial charge in [-0.25, -0.2) is 5.53 Å². The zero-order valence-electron chi connectivity index (χ0n) is 8.55. The summed E-state index contributed by atoms with van der Waals surface area (Å²) in [6.45, 7) is 0.249. The number of thioether (sulfide) groups is 1. The second-order valence-corrected chi connectivity index (χ2v) is 4.11. The first kappa shape index (κ1) is 10.8. The Balaban J connectivity index is 1.78. The SMILES string of the molecule is N#CCN1NN=C(SCc2ccccc2)N1. The molecule has 0 spiro atoms. The number of hydrogen-bond acceptors (Lipinski definition) is 6. The number of nitriles is 1. The van der Waals surface area contributed by atoms with E-state index in [-0.39, 0.29) is 6.54 Å². The first-order chi connectivity index (χ1) is 7.88. The summed E-state index contributed by atoms with van der Waals surface area (Å²) in [7, 11) is 0. The van der Waals surface area contributed by atoms with E-state index in [9.17, 15) is 0 Å². The summed E-state index contributed by atoms with van der Waals surface area (Å²) >= 11 is 1.59. The fourth-order valence-corrected chi connectivity index (χ4v) is 1.98. The normalized spacial score (nSPS) is 14.8. The quantitative estimate of drug-likeness (QED) is 0.764. The van der Waals surface area contributed by atoms with Crippen LogP contribution in [0.5, 0.6) is 0 Å². The predicted molar refractivity (Wildman–Crippen MR) is 63.8 cm³/mol. The van der Waals surface area contributed by atoms with Crippen LogP contribution in [0.4, 0.5) is 0 Å². The van der Waals surface area contributed by atoms with Crippen LogP contribution in [0.3, 0.4) is 0 Å². The van der Waals surface area contributed by atoms with E-state index in [1.54, 1.807) is 11.8 Å². The number of hydrazine groups is 2. The molecule has 0 unspecified atom stereocenters. The topological polar surface area (TPSA) is 63.5 Å². The van der Waals surface area contributed by atoms with E-state index < -0.39 is 0 Å². The van der Waals surface area contributed by atoms with E-state index in [2.05, 4.69) is 28.2 Å². The van der Waals surface area contributed by atoms with Crippen LogP contribution < -0.4 is 11.0 Å². The van der Waals surface area contributed by atoms with Crippen LogP contribution in [-0.2, 0) is 5.75 Å². The largest absolute Gasteiger partial charge is 0.276 e. The van der Waals surface area contributed by atoms with Gasteiger partial charge in [0, 0.05) is 5.75 Å². The van der Waals surface area contributed by atoms with E-state index in [4.69, 9.17) is 5.26 Å². The molecule has 1 aromatic carbocycles. The molecule has 0 bridgehead atoms. The highest BCUT2D eigenvalue weighted by Gasteiger charge is 2.13. The number of rotatable bonds is 3. The molecule has 0 amide bonds. The van der Waals surface area contributed by atoms with Crippen molar-refractivity contribution in [3.05, 3.63) is 35.9 Å². The predicted octanol–water partition coefficient (Wildman–Crippen LogP) is 1.04. The average molecular weight is 233 g/mol. The van der Waals surface area contributed by atoms with Crippen LogP contribution in [-0.4, -0.2) is 16.8 Å².